The van der Waals surface area contributed by atoms with Crippen molar-refractivity contribution in [1.29, 1.82) is 0 Å². The number of quaternary nitrogens is 1. The van der Waals surface area contributed by atoms with E-state index in [2.05, 4.69) is 4.98 Å². The lowest BCUT2D eigenvalue weighted by Crippen LogP contribution is -2.65. The highest BCUT2D eigenvalue weighted by Gasteiger charge is 2.50. The van der Waals surface area contributed by atoms with Crippen molar-refractivity contribution in [2.45, 2.75) is 46.3 Å². The van der Waals surface area contributed by atoms with Crippen LogP contribution in [0.3, 0.4) is 0 Å². The predicted octanol–water partition coefficient (Wildman–Crippen LogP) is 1.87. The minimum Gasteiger partial charge on any atom is -0.461 e. The fourth-order valence-electron chi connectivity index (χ4n) is 2.70. The molecule has 1 N–H and O–H groups in total. The Balaban J connectivity index is 2.36. The number of fused-ring (bicyclic) bond motifs is 1. The summed E-state index contributed by atoms with van der Waals surface area (Å²) < 4.78 is 6.69. The normalized spacial score (nSPS) is 21.7. The fourth-order valence-corrected chi connectivity index (χ4v) is 2.70. The Bertz CT molecular complexity index is 573. The van der Waals surface area contributed by atoms with Gasteiger partial charge in [0.05, 0.1) is 13.2 Å². The molecule has 21 heavy (non-hydrogen) atoms. The summed E-state index contributed by atoms with van der Waals surface area (Å²) in [6.45, 7) is 9.00. The van der Waals surface area contributed by atoms with Gasteiger partial charge in [0.25, 0.3) is 0 Å². The number of ether oxygens (including phenoxy) is 1. The average Bonchev–Trinajstić information content (AvgIpc) is 2.79. The molecule has 2 rings (SSSR count). The van der Waals surface area contributed by atoms with Gasteiger partial charge in [0.2, 0.25) is 0 Å². The Morgan fingerprint density at radius 1 is 1.48 bits per heavy atom. The molecule has 0 aromatic carbocycles. The lowest BCUT2D eigenvalue weighted by atomic mass is 10.0. The van der Waals surface area contributed by atoms with Crippen molar-refractivity contribution in [1.82, 2.24) is 9.55 Å². The summed E-state index contributed by atoms with van der Waals surface area (Å²) in [5.74, 6) is 0.144. The van der Waals surface area contributed by atoms with Gasteiger partial charge < -0.3 is 14.4 Å². The molecule has 0 saturated carbocycles. The lowest BCUT2D eigenvalue weighted by molar-refractivity contribution is -0.920. The molecule has 1 amide bonds. The Hall–Kier alpha value is -1.89. The maximum Gasteiger partial charge on any atom is 0.514 e. The summed E-state index contributed by atoms with van der Waals surface area (Å²) >= 11 is 0. The van der Waals surface area contributed by atoms with E-state index < -0.39 is 17.6 Å². The minimum atomic E-state index is -0.866. The molecule has 1 aliphatic heterocycles. The maximum atomic E-state index is 11.8. The summed E-state index contributed by atoms with van der Waals surface area (Å²) in [6, 6.07) is 0. The van der Waals surface area contributed by atoms with E-state index in [4.69, 9.17) is 4.74 Å². The van der Waals surface area contributed by atoms with Gasteiger partial charge in [-0.1, -0.05) is 0 Å². The second-order valence-electron chi connectivity index (χ2n) is 6.26. The number of aromatic nitrogens is 2. The Kier molecular flexibility index (Phi) is 3.79. The first-order valence-corrected chi connectivity index (χ1v) is 7.05. The highest BCUT2D eigenvalue weighted by Crippen LogP contribution is 2.31. The van der Waals surface area contributed by atoms with Crippen LogP contribution >= 0.6 is 0 Å². The zero-order chi connectivity index (χ0) is 15.8. The van der Waals surface area contributed by atoms with Crippen molar-refractivity contribution in [3.63, 3.8) is 0 Å². The van der Waals surface area contributed by atoms with Crippen LogP contribution in [-0.2, 0) is 17.8 Å². The molecule has 0 bridgehead atoms. The van der Waals surface area contributed by atoms with Crippen LogP contribution in [0.25, 0.3) is 0 Å². The summed E-state index contributed by atoms with van der Waals surface area (Å²) in [4.78, 5) is 27.8. The van der Waals surface area contributed by atoms with Crippen LogP contribution in [-0.4, -0.2) is 49.9 Å². The highest BCUT2D eigenvalue weighted by atomic mass is 16.5. The summed E-state index contributed by atoms with van der Waals surface area (Å²) in [7, 11) is 0. The molecule has 116 valence electrons. The van der Waals surface area contributed by atoms with Gasteiger partial charge in [-0.15, -0.1) is 0 Å². The standard InChI is InChI=1S/C14H21N3O4/c1-5-21-12(18)10-8-16-6-7-17(13(19)20,14(2,3)4)9-11(16)15-10/h8H,5-7,9H2,1-4H3/p+1. The third-order valence-corrected chi connectivity index (χ3v) is 4.13. The fraction of sp³-hybridized carbons (Fsp3) is 0.643. The van der Waals surface area contributed by atoms with E-state index in [-0.39, 0.29) is 23.3 Å². The highest BCUT2D eigenvalue weighted by molar-refractivity contribution is 5.87. The van der Waals surface area contributed by atoms with Crippen LogP contribution < -0.4 is 0 Å². The molecule has 2 heterocycles. The predicted molar refractivity (Wildman–Crippen MR) is 74.8 cm³/mol. The first kappa shape index (κ1) is 15.5. The third kappa shape index (κ3) is 2.53. The van der Waals surface area contributed by atoms with Crippen molar-refractivity contribution < 1.29 is 23.9 Å². The Morgan fingerprint density at radius 3 is 2.67 bits per heavy atom. The number of rotatable bonds is 2. The van der Waals surface area contributed by atoms with Crippen LogP contribution in [0.15, 0.2) is 6.20 Å². The zero-order valence-corrected chi connectivity index (χ0v) is 12.9. The van der Waals surface area contributed by atoms with Crippen LogP contribution in [0.1, 0.15) is 44.0 Å². The van der Waals surface area contributed by atoms with Gasteiger partial charge in [0.1, 0.15) is 18.6 Å². The average molecular weight is 296 g/mol. The van der Waals surface area contributed by atoms with Gasteiger partial charge in [0, 0.05) is 6.20 Å². The van der Waals surface area contributed by atoms with Gasteiger partial charge in [-0.3, -0.25) is 0 Å². The number of nitrogens with zero attached hydrogens (tertiary/aromatic N) is 3. The molecule has 1 aromatic heterocycles. The quantitative estimate of drug-likeness (QED) is 0.665. The van der Waals surface area contributed by atoms with Crippen molar-refractivity contribution in [2.24, 2.45) is 0 Å². The number of carboxylic acid groups (broad SMARTS) is 1. The molecule has 0 aliphatic carbocycles. The molecule has 1 aliphatic rings. The lowest BCUT2D eigenvalue weighted by Gasteiger charge is -2.45. The minimum absolute atomic E-state index is 0.0910. The first-order chi connectivity index (χ1) is 9.71. The van der Waals surface area contributed by atoms with Gasteiger partial charge in [-0.25, -0.2) is 14.3 Å². The number of amides is 1. The summed E-state index contributed by atoms with van der Waals surface area (Å²) in [5, 5.41) is 9.69. The summed E-state index contributed by atoms with van der Waals surface area (Å²) in [5.41, 5.74) is -0.209. The smallest absolute Gasteiger partial charge is 0.461 e. The van der Waals surface area contributed by atoms with E-state index in [0.29, 0.717) is 18.9 Å². The molecule has 7 nitrogen and oxygen atoms in total. The van der Waals surface area contributed by atoms with E-state index in [9.17, 15) is 14.7 Å². The van der Waals surface area contributed by atoms with Crippen LogP contribution in [0, 0.1) is 0 Å². The van der Waals surface area contributed by atoms with Gasteiger partial charge in [-0.2, -0.15) is 4.79 Å². The number of carbonyl (C=O) groups excluding carboxylic acids is 1. The molecule has 0 radical (unpaired) electrons. The molecule has 0 fully saturated rings. The van der Waals surface area contributed by atoms with Gasteiger partial charge in [-0.05, 0) is 27.7 Å². The zero-order valence-electron chi connectivity index (χ0n) is 12.9. The van der Waals surface area contributed by atoms with Crippen molar-refractivity contribution in [3.8, 4) is 0 Å². The van der Waals surface area contributed by atoms with E-state index >= 15 is 0 Å². The van der Waals surface area contributed by atoms with E-state index in [0.717, 1.165) is 0 Å². The van der Waals surface area contributed by atoms with E-state index in [1.54, 1.807) is 13.1 Å². The maximum absolute atomic E-state index is 11.8. The van der Waals surface area contributed by atoms with Gasteiger partial charge in [0.15, 0.2) is 11.5 Å². The molecule has 7 heteroatoms. The molecular formula is C14H22N3O4+. The van der Waals surface area contributed by atoms with Crippen LogP contribution in [0.2, 0.25) is 0 Å². The van der Waals surface area contributed by atoms with Crippen molar-refractivity contribution in [3.05, 3.63) is 17.7 Å². The molecular weight excluding hydrogens is 274 g/mol. The first-order valence-electron chi connectivity index (χ1n) is 7.05. The Labute approximate surface area is 123 Å². The number of esters is 1. The van der Waals surface area contributed by atoms with E-state index in [1.165, 1.54) is 0 Å². The molecule has 0 saturated heterocycles. The second-order valence-corrected chi connectivity index (χ2v) is 6.26. The second kappa shape index (κ2) is 5.14. The molecule has 1 atom stereocenters. The van der Waals surface area contributed by atoms with Crippen LogP contribution in [0.4, 0.5) is 4.79 Å². The molecule has 1 aromatic rings. The Morgan fingerprint density at radius 2 is 2.14 bits per heavy atom. The summed E-state index contributed by atoms with van der Waals surface area (Å²) in [6.07, 6.45) is 0.778. The number of hydrogen-bond donors (Lipinski definition) is 1. The van der Waals surface area contributed by atoms with Crippen molar-refractivity contribution >= 4 is 12.1 Å². The number of imidazole rings is 1. The monoisotopic (exact) mass is 296 g/mol. The van der Waals surface area contributed by atoms with Gasteiger partial charge >= 0.3 is 12.1 Å². The number of hydrogen-bond acceptors (Lipinski definition) is 4. The molecule has 1 unspecified atom stereocenters. The largest absolute Gasteiger partial charge is 0.514 e. The number of carbonyl (C=O) groups is 2. The van der Waals surface area contributed by atoms with Crippen molar-refractivity contribution in [2.75, 3.05) is 13.2 Å². The third-order valence-electron chi connectivity index (χ3n) is 4.13. The topological polar surface area (TPSA) is 81.4 Å². The van der Waals surface area contributed by atoms with E-state index in [1.807, 2.05) is 25.3 Å². The van der Waals surface area contributed by atoms with Crippen LogP contribution in [0.5, 0.6) is 0 Å². The SMILES string of the molecule is CCOC(=O)c1cn2c(n1)C[N+](C(=O)O)(C(C)(C)C)CC2. The molecule has 0 spiro atoms.